The van der Waals surface area contributed by atoms with Gasteiger partial charge in [-0.2, -0.15) is 0 Å². The molecule has 0 saturated carbocycles. The Labute approximate surface area is 128 Å². The second-order valence-electron chi connectivity index (χ2n) is 5.44. The van der Waals surface area contributed by atoms with Gasteiger partial charge in [0.2, 0.25) is 0 Å². The smallest absolute Gasteiger partial charge is 0.261 e. The summed E-state index contributed by atoms with van der Waals surface area (Å²) in [5, 5.41) is 2.70. The van der Waals surface area contributed by atoms with Crippen molar-refractivity contribution in [1.29, 1.82) is 0 Å². The fourth-order valence-corrected chi connectivity index (χ4v) is 2.40. The van der Waals surface area contributed by atoms with E-state index in [1.54, 1.807) is 6.92 Å². The first-order valence-electron chi connectivity index (χ1n) is 6.92. The van der Waals surface area contributed by atoms with Crippen LogP contribution >= 0.6 is 0 Å². The number of ketones is 1. The van der Waals surface area contributed by atoms with Gasteiger partial charge in [0.25, 0.3) is 11.5 Å². The van der Waals surface area contributed by atoms with Crippen molar-refractivity contribution in [3.05, 3.63) is 62.6 Å². The van der Waals surface area contributed by atoms with Crippen molar-refractivity contribution < 1.29 is 9.59 Å². The third-order valence-corrected chi connectivity index (χ3v) is 3.34. The average Bonchev–Trinajstić information content (AvgIpc) is 2.36. The van der Waals surface area contributed by atoms with Crippen LogP contribution in [0.3, 0.4) is 0 Å². The second kappa shape index (κ2) is 5.97. The number of aryl methyl sites for hydroxylation is 3. The Balaban J connectivity index is 2.39. The summed E-state index contributed by atoms with van der Waals surface area (Å²) in [6, 6.07) is 6.97. The standard InChI is InChI=1S/C17H18N2O3/c1-9-5-10(2)7-13(6-9)19-17(22)15-8-14(12(4)20)11(3)18-16(15)21/h5-8H,1-4H3,(H,18,21)(H,19,22). The summed E-state index contributed by atoms with van der Waals surface area (Å²) in [6.45, 7) is 6.88. The number of H-pyrrole nitrogens is 1. The highest BCUT2D eigenvalue weighted by Gasteiger charge is 2.15. The quantitative estimate of drug-likeness (QED) is 0.855. The number of carbonyl (C=O) groups excluding carboxylic acids is 2. The maximum atomic E-state index is 12.3. The molecule has 5 heteroatoms. The fraction of sp³-hybridized carbons (Fsp3) is 0.235. The minimum atomic E-state index is -0.534. The number of amides is 1. The van der Waals surface area contributed by atoms with E-state index in [0.29, 0.717) is 16.9 Å². The minimum absolute atomic E-state index is 0.0741. The number of hydrogen-bond acceptors (Lipinski definition) is 3. The molecule has 0 bridgehead atoms. The first-order valence-corrected chi connectivity index (χ1v) is 6.92. The number of aromatic amines is 1. The van der Waals surface area contributed by atoms with E-state index in [0.717, 1.165) is 11.1 Å². The second-order valence-corrected chi connectivity index (χ2v) is 5.44. The van der Waals surface area contributed by atoms with E-state index in [9.17, 15) is 14.4 Å². The zero-order chi connectivity index (χ0) is 16.4. The molecule has 0 unspecified atom stereocenters. The van der Waals surface area contributed by atoms with E-state index >= 15 is 0 Å². The molecule has 0 aliphatic heterocycles. The number of anilines is 1. The molecule has 1 aromatic heterocycles. The van der Waals surface area contributed by atoms with Crippen LogP contribution in [0.25, 0.3) is 0 Å². The van der Waals surface area contributed by atoms with E-state index in [1.165, 1.54) is 13.0 Å². The molecule has 0 atom stereocenters. The molecule has 0 aliphatic rings. The number of carbonyl (C=O) groups is 2. The lowest BCUT2D eigenvalue weighted by atomic mass is 10.1. The van der Waals surface area contributed by atoms with E-state index < -0.39 is 11.5 Å². The van der Waals surface area contributed by atoms with Crippen LogP contribution in [0.5, 0.6) is 0 Å². The summed E-state index contributed by atoms with van der Waals surface area (Å²) in [5.41, 5.74) is 2.85. The molecule has 22 heavy (non-hydrogen) atoms. The van der Waals surface area contributed by atoms with Crippen LogP contribution in [0.15, 0.2) is 29.1 Å². The van der Waals surface area contributed by atoms with Gasteiger partial charge in [0.15, 0.2) is 5.78 Å². The molecule has 114 valence electrons. The van der Waals surface area contributed by atoms with Crippen LogP contribution in [0.4, 0.5) is 5.69 Å². The number of aromatic nitrogens is 1. The van der Waals surface area contributed by atoms with E-state index in [4.69, 9.17) is 0 Å². The van der Waals surface area contributed by atoms with Crippen LogP contribution < -0.4 is 10.9 Å². The van der Waals surface area contributed by atoms with Crippen molar-refractivity contribution in [2.75, 3.05) is 5.32 Å². The highest BCUT2D eigenvalue weighted by molar-refractivity contribution is 6.06. The molecule has 0 aliphatic carbocycles. The lowest BCUT2D eigenvalue weighted by Gasteiger charge is -2.09. The van der Waals surface area contributed by atoms with Gasteiger partial charge in [0.05, 0.1) is 0 Å². The number of nitrogens with one attached hydrogen (secondary N) is 2. The van der Waals surface area contributed by atoms with Crippen molar-refractivity contribution >= 4 is 17.4 Å². The topological polar surface area (TPSA) is 79.0 Å². The predicted octanol–water partition coefficient (Wildman–Crippen LogP) is 2.76. The summed E-state index contributed by atoms with van der Waals surface area (Å²) < 4.78 is 0. The Hall–Kier alpha value is -2.69. The summed E-state index contributed by atoms with van der Waals surface area (Å²) in [4.78, 5) is 38.3. The van der Waals surface area contributed by atoms with Crippen molar-refractivity contribution in [2.45, 2.75) is 27.7 Å². The van der Waals surface area contributed by atoms with Crippen molar-refractivity contribution in [3.63, 3.8) is 0 Å². The molecule has 5 nitrogen and oxygen atoms in total. The van der Waals surface area contributed by atoms with Gasteiger partial charge in [0, 0.05) is 16.9 Å². The molecule has 1 aromatic carbocycles. The Morgan fingerprint density at radius 2 is 1.55 bits per heavy atom. The monoisotopic (exact) mass is 298 g/mol. The lowest BCUT2D eigenvalue weighted by molar-refractivity contribution is 0.101. The molecular weight excluding hydrogens is 280 g/mol. The van der Waals surface area contributed by atoms with Gasteiger partial charge in [-0.25, -0.2) is 0 Å². The highest BCUT2D eigenvalue weighted by Crippen LogP contribution is 2.15. The molecular formula is C17H18N2O3. The van der Waals surface area contributed by atoms with Crippen LogP contribution in [-0.4, -0.2) is 16.7 Å². The van der Waals surface area contributed by atoms with Crippen molar-refractivity contribution in [1.82, 2.24) is 4.98 Å². The van der Waals surface area contributed by atoms with Gasteiger partial charge in [-0.1, -0.05) is 6.07 Å². The summed E-state index contributed by atoms with van der Waals surface area (Å²) in [6.07, 6.45) is 0. The zero-order valence-electron chi connectivity index (χ0n) is 13.0. The fourth-order valence-electron chi connectivity index (χ4n) is 2.40. The number of benzene rings is 1. The summed E-state index contributed by atoms with van der Waals surface area (Å²) in [7, 11) is 0. The van der Waals surface area contributed by atoms with Crippen LogP contribution in [-0.2, 0) is 0 Å². The largest absolute Gasteiger partial charge is 0.325 e. The molecule has 0 spiro atoms. The van der Waals surface area contributed by atoms with Crippen molar-refractivity contribution in [2.24, 2.45) is 0 Å². The first-order chi connectivity index (χ1) is 10.3. The Bertz CT molecular complexity index is 799. The van der Waals surface area contributed by atoms with E-state index in [2.05, 4.69) is 10.3 Å². The summed E-state index contributed by atoms with van der Waals surface area (Å²) in [5.74, 6) is -0.733. The predicted molar refractivity (Wildman–Crippen MR) is 85.7 cm³/mol. The number of pyridine rings is 1. The molecule has 0 fully saturated rings. The molecule has 2 rings (SSSR count). The third kappa shape index (κ3) is 3.31. The van der Waals surface area contributed by atoms with Crippen LogP contribution in [0.1, 0.15) is 44.5 Å². The van der Waals surface area contributed by atoms with Gasteiger partial charge in [-0.3, -0.25) is 14.4 Å². The molecule has 0 saturated heterocycles. The van der Waals surface area contributed by atoms with Gasteiger partial charge in [0.1, 0.15) is 5.56 Å². The normalized spacial score (nSPS) is 10.4. The van der Waals surface area contributed by atoms with Gasteiger partial charge < -0.3 is 10.3 Å². The Morgan fingerprint density at radius 3 is 2.09 bits per heavy atom. The molecule has 1 amide bonds. The van der Waals surface area contributed by atoms with Crippen LogP contribution in [0, 0.1) is 20.8 Å². The van der Waals surface area contributed by atoms with Gasteiger partial charge in [-0.05, 0) is 57.0 Å². The van der Waals surface area contributed by atoms with E-state index in [-0.39, 0.29) is 11.3 Å². The number of hydrogen-bond donors (Lipinski definition) is 2. The first kappa shape index (κ1) is 15.7. The van der Waals surface area contributed by atoms with Crippen molar-refractivity contribution in [3.8, 4) is 0 Å². The number of Topliss-reactive ketones (excluding diaryl/α,β-unsaturated/α-hetero) is 1. The van der Waals surface area contributed by atoms with Gasteiger partial charge >= 0.3 is 0 Å². The zero-order valence-corrected chi connectivity index (χ0v) is 13.0. The highest BCUT2D eigenvalue weighted by atomic mass is 16.2. The maximum absolute atomic E-state index is 12.3. The SMILES string of the molecule is CC(=O)c1cc(C(=O)Nc2cc(C)cc(C)c2)c(=O)[nH]c1C. The third-order valence-electron chi connectivity index (χ3n) is 3.34. The Kier molecular flexibility index (Phi) is 4.26. The Morgan fingerprint density at radius 1 is 0.955 bits per heavy atom. The maximum Gasteiger partial charge on any atom is 0.261 e. The average molecular weight is 298 g/mol. The molecule has 1 heterocycles. The van der Waals surface area contributed by atoms with E-state index in [1.807, 2.05) is 32.0 Å². The molecule has 0 radical (unpaired) electrons. The molecule has 2 aromatic rings. The number of rotatable bonds is 3. The molecule has 2 N–H and O–H groups in total. The minimum Gasteiger partial charge on any atom is -0.325 e. The lowest BCUT2D eigenvalue weighted by Crippen LogP contribution is -2.25. The van der Waals surface area contributed by atoms with Crippen LogP contribution in [0.2, 0.25) is 0 Å². The summed E-state index contributed by atoms with van der Waals surface area (Å²) >= 11 is 0. The van der Waals surface area contributed by atoms with Gasteiger partial charge in [-0.15, -0.1) is 0 Å².